The van der Waals surface area contributed by atoms with Gasteiger partial charge in [-0.2, -0.15) is 0 Å². The zero-order valence-electron chi connectivity index (χ0n) is 13.8. The number of piperidine rings is 1. The Bertz CT molecular complexity index is 505. The second-order valence-corrected chi connectivity index (χ2v) is 7.15. The van der Waals surface area contributed by atoms with Gasteiger partial charge in [-0.05, 0) is 55.9 Å². The molecule has 1 heterocycles. The summed E-state index contributed by atoms with van der Waals surface area (Å²) in [6, 6.07) is 11.0. The van der Waals surface area contributed by atoms with Crippen molar-refractivity contribution in [3.05, 3.63) is 35.9 Å². The summed E-state index contributed by atoms with van der Waals surface area (Å²) in [5.74, 6) is 0.929. The van der Waals surface area contributed by atoms with Crippen LogP contribution in [0.25, 0.3) is 0 Å². The van der Waals surface area contributed by atoms with E-state index in [0.29, 0.717) is 18.5 Å². The van der Waals surface area contributed by atoms with E-state index in [1.807, 2.05) is 4.90 Å². The molecule has 1 aliphatic heterocycles. The first-order valence-electron chi connectivity index (χ1n) is 8.95. The van der Waals surface area contributed by atoms with Crippen LogP contribution in [0, 0.1) is 11.8 Å². The molecule has 3 rings (SSSR count). The Kier molecular flexibility index (Phi) is 5.55. The smallest absolute Gasteiger partial charge is 0.317 e. The number of carbonyl (C=O) groups is 1. The average molecular weight is 316 g/mol. The fourth-order valence-corrected chi connectivity index (χ4v) is 4.00. The second kappa shape index (κ2) is 7.82. The van der Waals surface area contributed by atoms with Gasteiger partial charge in [0.1, 0.15) is 0 Å². The number of likely N-dealkylation sites (tertiary alicyclic amines) is 1. The maximum absolute atomic E-state index is 12.4. The molecule has 0 spiro atoms. The van der Waals surface area contributed by atoms with Crippen LogP contribution in [0.1, 0.15) is 37.7 Å². The molecular formula is C19H28N2O2. The number of aliphatic hydroxyl groups is 1. The van der Waals surface area contributed by atoms with Crippen LogP contribution in [0.3, 0.4) is 0 Å². The minimum Gasteiger partial charge on any atom is -0.396 e. The van der Waals surface area contributed by atoms with Crippen LogP contribution in [0.5, 0.6) is 0 Å². The number of amides is 2. The minimum atomic E-state index is 0.0634. The van der Waals surface area contributed by atoms with Crippen molar-refractivity contribution in [3.63, 3.8) is 0 Å². The largest absolute Gasteiger partial charge is 0.396 e. The first-order valence-corrected chi connectivity index (χ1v) is 8.95. The summed E-state index contributed by atoms with van der Waals surface area (Å²) in [6.07, 6.45) is 6.50. The Hall–Kier alpha value is -1.55. The van der Waals surface area contributed by atoms with Crippen LogP contribution in [0.2, 0.25) is 0 Å². The van der Waals surface area contributed by atoms with E-state index in [1.54, 1.807) is 0 Å². The molecule has 1 saturated carbocycles. The highest BCUT2D eigenvalue weighted by atomic mass is 16.3. The summed E-state index contributed by atoms with van der Waals surface area (Å²) >= 11 is 0. The molecule has 3 atom stereocenters. The lowest BCUT2D eigenvalue weighted by molar-refractivity contribution is 0.128. The summed E-state index contributed by atoms with van der Waals surface area (Å²) in [5, 5.41) is 12.5. The zero-order chi connectivity index (χ0) is 16.1. The van der Waals surface area contributed by atoms with E-state index >= 15 is 0 Å². The lowest BCUT2D eigenvalue weighted by Gasteiger charge is -2.32. The van der Waals surface area contributed by atoms with Gasteiger partial charge in [-0.25, -0.2) is 4.79 Å². The molecule has 4 nitrogen and oxygen atoms in total. The van der Waals surface area contributed by atoms with E-state index in [0.717, 1.165) is 38.6 Å². The minimum absolute atomic E-state index is 0.0634. The summed E-state index contributed by atoms with van der Waals surface area (Å²) in [4.78, 5) is 14.3. The van der Waals surface area contributed by atoms with Crippen molar-refractivity contribution in [2.75, 3.05) is 19.7 Å². The van der Waals surface area contributed by atoms with Crippen molar-refractivity contribution in [1.82, 2.24) is 10.2 Å². The van der Waals surface area contributed by atoms with Crippen molar-refractivity contribution in [3.8, 4) is 0 Å². The van der Waals surface area contributed by atoms with Crippen LogP contribution in [-0.4, -0.2) is 41.8 Å². The lowest BCUT2D eigenvalue weighted by Crippen LogP contribution is -2.48. The van der Waals surface area contributed by atoms with Crippen LogP contribution in [0.15, 0.2) is 30.3 Å². The van der Waals surface area contributed by atoms with Gasteiger partial charge in [-0.15, -0.1) is 0 Å². The van der Waals surface area contributed by atoms with Crippen molar-refractivity contribution in [2.45, 2.75) is 44.6 Å². The highest BCUT2D eigenvalue weighted by Gasteiger charge is 2.29. The number of hydrogen-bond acceptors (Lipinski definition) is 2. The number of carbonyl (C=O) groups excluding carboxylic acids is 1. The third kappa shape index (κ3) is 4.47. The molecule has 0 aromatic heterocycles. The van der Waals surface area contributed by atoms with Crippen molar-refractivity contribution < 1.29 is 9.90 Å². The second-order valence-electron chi connectivity index (χ2n) is 7.15. The number of nitrogens with zero attached hydrogens (tertiary/aromatic N) is 1. The molecule has 1 aromatic rings. The molecule has 2 fully saturated rings. The van der Waals surface area contributed by atoms with Gasteiger partial charge in [0.2, 0.25) is 0 Å². The van der Waals surface area contributed by atoms with E-state index in [-0.39, 0.29) is 18.6 Å². The molecule has 0 bridgehead atoms. The summed E-state index contributed by atoms with van der Waals surface area (Å²) in [5.41, 5.74) is 1.39. The van der Waals surface area contributed by atoms with Crippen LogP contribution in [-0.2, 0) is 6.42 Å². The molecule has 2 N–H and O–H groups in total. The normalized spacial score (nSPS) is 27.9. The number of aliphatic hydroxyl groups excluding tert-OH is 1. The standard InChI is InChI=1S/C19H28N2O2/c22-14-17-7-4-10-21(13-17)19(23)20-18-9-8-16(12-18)11-15-5-2-1-3-6-15/h1-3,5-6,16-18,22H,4,7-14H2,(H,20,23)/t16-,17+,18+/m0/s1. The van der Waals surface area contributed by atoms with Gasteiger partial charge in [0.15, 0.2) is 0 Å². The van der Waals surface area contributed by atoms with E-state index in [2.05, 4.69) is 35.6 Å². The fourth-order valence-electron chi connectivity index (χ4n) is 4.00. The number of nitrogens with one attached hydrogen (secondary N) is 1. The van der Waals surface area contributed by atoms with E-state index in [1.165, 1.54) is 12.0 Å². The molecule has 1 aromatic carbocycles. The molecule has 0 radical (unpaired) electrons. The summed E-state index contributed by atoms with van der Waals surface area (Å²) in [6.45, 7) is 1.71. The SMILES string of the molecule is O=C(N[C@@H]1CC[C@@H](Cc2ccccc2)C1)N1CCC[C@@H](CO)C1. The molecule has 0 unspecified atom stereocenters. The lowest BCUT2D eigenvalue weighted by atomic mass is 9.98. The maximum atomic E-state index is 12.4. The third-order valence-corrected chi connectivity index (χ3v) is 5.30. The van der Waals surface area contributed by atoms with Gasteiger partial charge in [-0.3, -0.25) is 0 Å². The molecule has 1 aliphatic carbocycles. The number of rotatable bonds is 4. The van der Waals surface area contributed by atoms with Crippen molar-refractivity contribution >= 4 is 6.03 Å². The number of benzene rings is 1. The Balaban J connectivity index is 1.45. The van der Waals surface area contributed by atoms with Gasteiger partial charge in [0.25, 0.3) is 0 Å². The topological polar surface area (TPSA) is 52.6 Å². The number of urea groups is 1. The van der Waals surface area contributed by atoms with Crippen LogP contribution < -0.4 is 5.32 Å². The van der Waals surface area contributed by atoms with Gasteiger partial charge < -0.3 is 15.3 Å². The maximum Gasteiger partial charge on any atom is 0.317 e. The first kappa shape index (κ1) is 16.3. The summed E-state index contributed by atoms with van der Waals surface area (Å²) < 4.78 is 0. The highest BCUT2D eigenvalue weighted by Crippen LogP contribution is 2.29. The fraction of sp³-hybridized carbons (Fsp3) is 0.632. The third-order valence-electron chi connectivity index (χ3n) is 5.30. The van der Waals surface area contributed by atoms with E-state index < -0.39 is 0 Å². The van der Waals surface area contributed by atoms with Gasteiger partial charge in [-0.1, -0.05) is 30.3 Å². The van der Waals surface area contributed by atoms with Gasteiger partial charge in [0.05, 0.1) is 0 Å². The van der Waals surface area contributed by atoms with Gasteiger partial charge >= 0.3 is 6.03 Å². The van der Waals surface area contributed by atoms with Crippen LogP contribution in [0.4, 0.5) is 4.79 Å². The van der Waals surface area contributed by atoms with Crippen molar-refractivity contribution in [1.29, 1.82) is 0 Å². The highest BCUT2D eigenvalue weighted by molar-refractivity contribution is 5.74. The molecule has 4 heteroatoms. The van der Waals surface area contributed by atoms with Crippen molar-refractivity contribution in [2.24, 2.45) is 11.8 Å². The summed E-state index contributed by atoms with van der Waals surface area (Å²) in [7, 11) is 0. The Morgan fingerprint density at radius 1 is 1.17 bits per heavy atom. The molecule has 23 heavy (non-hydrogen) atoms. The Morgan fingerprint density at radius 2 is 2.00 bits per heavy atom. The molecule has 1 saturated heterocycles. The molecule has 2 amide bonds. The monoisotopic (exact) mass is 316 g/mol. The predicted octanol–water partition coefficient (Wildman–Crippen LogP) is 2.81. The van der Waals surface area contributed by atoms with Gasteiger partial charge in [0, 0.05) is 25.7 Å². The first-order chi connectivity index (χ1) is 11.2. The van der Waals surface area contributed by atoms with E-state index in [4.69, 9.17) is 0 Å². The predicted molar refractivity (Wildman–Crippen MR) is 91.2 cm³/mol. The zero-order valence-corrected chi connectivity index (χ0v) is 13.8. The molecule has 2 aliphatic rings. The average Bonchev–Trinajstić information content (AvgIpc) is 3.02. The Labute approximate surface area is 138 Å². The molecule has 126 valence electrons. The number of hydrogen-bond donors (Lipinski definition) is 2. The Morgan fingerprint density at radius 3 is 2.78 bits per heavy atom. The molecular weight excluding hydrogens is 288 g/mol. The van der Waals surface area contributed by atoms with Crippen LogP contribution >= 0.6 is 0 Å². The van der Waals surface area contributed by atoms with E-state index in [9.17, 15) is 9.90 Å². The quantitative estimate of drug-likeness (QED) is 0.897.